The molecule has 3 amide bonds. The van der Waals surface area contributed by atoms with E-state index in [1.165, 1.54) is 18.6 Å². The summed E-state index contributed by atoms with van der Waals surface area (Å²) in [5, 5.41) is 5.54. The van der Waals surface area contributed by atoms with Gasteiger partial charge >= 0.3 is 5.97 Å². The Kier molecular flexibility index (Phi) is 8.58. The molecule has 1 saturated heterocycles. The lowest BCUT2D eigenvalue weighted by molar-refractivity contribution is -0.155. The molecule has 1 aliphatic heterocycles. The van der Waals surface area contributed by atoms with Gasteiger partial charge in [-0.15, -0.1) is 0 Å². The molecule has 10 nitrogen and oxygen atoms in total. The minimum absolute atomic E-state index is 0.0174. The minimum Gasteiger partial charge on any atom is -0.464 e. The molecule has 1 aliphatic carbocycles. The van der Waals surface area contributed by atoms with Crippen LogP contribution in [0.2, 0.25) is 0 Å². The second kappa shape index (κ2) is 11.4. The van der Waals surface area contributed by atoms with Crippen LogP contribution in [0, 0.1) is 23.7 Å². The van der Waals surface area contributed by atoms with Crippen LogP contribution in [0.5, 0.6) is 0 Å². The van der Waals surface area contributed by atoms with Crippen molar-refractivity contribution in [2.24, 2.45) is 23.7 Å². The van der Waals surface area contributed by atoms with Crippen molar-refractivity contribution < 1.29 is 23.9 Å². The minimum atomic E-state index is -0.889. The number of fused-ring (bicyclic) bond motifs is 1. The van der Waals surface area contributed by atoms with Gasteiger partial charge in [-0.3, -0.25) is 19.4 Å². The fraction of sp³-hybridized carbons (Fsp3) is 0.600. The van der Waals surface area contributed by atoms with Crippen LogP contribution in [0.4, 0.5) is 0 Å². The predicted octanol–water partition coefficient (Wildman–Crippen LogP) is 1.34. The molecule has 2 N–H and O–H groups in total. The summed E-state index contributed by atoms with van der Waals surface area (Å²) in [7, 11) is 0. The number of carbonyl (C=O) groups excluding carboxylic acids is 4. The van der Waals surface area contributed by atoms with Crippen molar-refractivity contribution in [3.63, 3.8) is 0 Å². The molecule has 2 heterocycles. The molecule has 0 aromatic carbocycles. The molecule has 0 radical (unpaired) electrons. The highest BCUT2D eigenvalue weighted by atomic mass is 16.5. The van der Waals surface area contributed by atoms with Gasteiger partial charge in [0.1, 0.15) is 23.8 Å². The number of allylic oxidation sites excluding steroid dienone is 1. The number of nitrogens with zero attached hydrogens (tertiary/aromatic N) is 3. The number of hydrogen-bond donors (Lipinski definition) is 2. The average molecular weight is 486 g/mol. The van der Waals surface area contributed by atoms with E-state index in [-0.39, 0.29) is 41.9 Å². The summed E-state index contributed by atoms with van der Waals surface area (Å²) in [6.07, 6.45) is 8.96. The molecule has 0 spiro atoms. The van der Waals surface area contributed by atoms with Crippen molar-refractivity contribution in [3.05, 3.63) is 36.4 Å². The Labute approximate surface area is 205 Å². The van der Waals surface area contributed by atoms with Crippen LogP contribution in [-0.4, -0.2) is 69.8 Å². The molecule has 5 atom stereocenters. The quantitative estimate of drug-likeness (QED) is 0.399. The van der Waals surface area contributed by atoms with E-state index in [1.54, 1.807) is 25.7 Å². The second-order valence-corrected chi connectivity index (χ2v) is 9.70. The zero-order chi connectivity index (χ0) is 25.7. The lowest BCUT2D eigenvalue weighted by Gasteiger charge is -2.32. The number of ether oxygens (including phenoxy) is 1. The van der Waals surface area contributed by atoms with Gasteiger partial charge < -0.3 is 20.3 Å². The zero-order valence-electron chi connectivity index (χ0n) is 20.9. The molecule has 0 bridgehead atoms. The van der Waals surface area contributed by atoms with Gasteiger partial charge in [-0.05, 0) is 25.2 Å². The highest BCUT2D eigenvalue weighted by Crippen LogP contribution is 2.39. The first kappa shape index (κ1) is 26.3. The number of nitrogens with one attached hydrogen (secondary N) is 2. The highest BCUT2D eigenvalue weighted by molar-refractivity contribution is 5.97. The van der Waals surface area contributed by atoms with E-state index in [0.717, 1.165) is 0 Å². The maximum absolute atomic E-state index is 13.7. The molecule has 190 valence electrons. The van der Waals surface area contributed by atoms with E-state index in [0.29, 0.717) is 13.0 Å². The molecular formula is C25H35N5O5. The van der Waals surface area contributed by atoms with Gasteiger partial charge in [0.2, 0.25) is 11.8 Å². The normalized spacial score (nSPS) is 22.6. The Morgan fingerprint density at radius 3 is 2.40 bits per heavy atom. The summed E-state index contributed by atoms with van der Waals surface area (Å²) in [5.74, 6) is -2.16. The van der Waals surface area contributed by atoms with Crippen molar-refractivity contribution in [2.75, 3.05) is 13.2 Å². The molecule has 35 heavy (non-hydrogen) atoms. The molecule has 2 unspecified atom stereocenters. The fourth-order valence-corrected chi connectivity index (χ4v) is 4.72. The van der Waals surface area contributed by atoms with E-state index < -0.39 is 35.9 Å². The zero-order valence-corrected chi connectivity index (χ0v) is 20.9. The van der Waals surface area contributed by atoms with E-state index in [4.69, 9.17) is 4.74 Å². The first-order chi connectivity index (χ1) is 16.6. The smallest absolute Gasteiger partial charge is 0.329 e. The van der Waals surface area contributed by atoms with Crippen molar-refractivity contribution in [1.29, 1.82) is 0 Å². The van der Waals surface area contributed by atoms with Crippen LogP contribution in [0.1, 0.15) is 51.5 Å². The molecule has 2 aliphatic rings. The van der Waals surface area contributed by atoms with Crippen molar-refractivity contribution in [2.45, 2.75) is 59.2 Å². The summed E-state index contributed by atoms with van der Waals surface area (Å²) in [5.41, 5.74) is 0.0939. The van der Waals surface area contributed by atoms with E-state index in [9.17, 15) is 19.2 Å². The van der Waals surface area contributed by atoms with Gasteiger partial charge in [-0.25, -0.2) is 9.78 Å². The van der Waals surface area contributed by atoms with Crippen molar-refractivity contribution >= 4 is 23.7 Å². The maximum Gasteiger partial charge on any atom is 0.329 e. The number of rotatable bonds is 9. The molecule has 10 heteroatoms. The van der Waals surface area contributed by atoms with Crippen LogP contribution < -0.4 is 10.6 Å². The van der Waals surface area contributed by atoms with Crippen LogP contribution in [0.3, 0.4) is 0 Å². The van der Waals surface area contributed by atoms with E-state index in [1.807, 2.05) is 26.0 Å². The Morgan fingerprint density at radius 1 is 1.09 bits per heavy atom. The van der Waals surface area contributed by atoms with Gasteiger partial charge in [0.15, 0.2) is 0 Å². The van der Waals surface area contributed by atoms with E-state index >= 15 is 0 Å². The van der Waals surface area contributed by atoms with Crippen LogP contribution in [0.15, 0.2) is 30.7 Å². The molecule has 1 aromatic rings. The van der Waals surface area contributed by atoms with Gasteiger partial charge in [0.05, 0.1) is 12.8 Å². The summed E-state index contributed by atoms with van der Waals surface area (Å²) >= 11 is 0. The van der Waals surface area contributed by atoms with Crippen LogP contribution in [-0.2, 0) is 19.1 Å². The van der Waals surface area contributed by atoms with E-state index in [2.05, 4.69) is 20.6 Å². The third-order valence-corrected chi connectivity index (χ3v) is 6.56. The summed E-state index contributed by atoms with van der Waals surface area (Å²) < 4.78 is 5.28. The van der Waals surface area contributed by atoms with Crippen LogP contribution in [0.25, 0.3) is 0 Å². The molecular weight excluding hydrogens is 450 g/mol. The Morgan fingerprint density at radius 2 is 1.80 bits per heavy atom. The second-order valence-electron chi connectivity index (χ2n) is 9.70. The summed E-state index contributed by atoms with van der Waals surface area (Å²) in [4.78, 5) is 61.7. The molecule has 1 aromatic heterocycles. The third kappa shape index (κ3) is 5.86. The topological polar surface area (TPSA) is 131 Å². The number of likely N-dealkylation sites (tertiary alicyclic amines) is 1. The molecule has 1 fully saturated rings. The number of carbonyl (C=O) groups is 4. The first-order valence-electron chi connectivity index (χ1n) is 12.2. The maximum atomic E-state index is 13.7. The number of esters is 1. The van der Waals surface area contributed by atoms with Gasteiger partial charge in [-0.1, -0.05) is 39.8 Å². The van der Waals surface area contributed by atoms with Crippen molar-refractivity contribution in [3.8, 4) is 0 Å². The van der Waals surface area contributed by atoms with Gasteiger partial charge in [-0.2, -0.15) is 0 Å². The SMILES string of the molecule is CCOC(=O)C1[C@H]2CC=CC2CN1C(=O)[C@@H](NC(=O)[C@@H](NC(=O)c1cnccn1)C(C)C)C(C)C. The monoisotopic (exact) mass is 485 g/mol. The van der Waals surface area contributed by atoms with Gasteiger partial charge in [0, 0.05) is 30.8 Å². The Hall–Kier alpha value is -3.30. The third-order valence-electron chi connectivity index (χ3n) is 6.56. The van der Waals surface area contributed by atoms with Crippen molar-refractivity contribution in [1.82, 2.24) is 25.5 Å². The summed E-state index contributed by atoms with van der Waals surface area (Å²) in [6, 6.07) is -2.44. The highest BCUT2D eigenvalue weighted by Gasteiger charge is 2.50. The standard InChI is InChI=1S/C25H35N5O5/c1-6-35-25(34)21-17-9-7-8-16(17)13-30(21)24(33)20(15(4)5)29-23(32)19(14(2)3)28-22(31)18-12-26-10-11-27-18/h7-8,10-12,14-17,19-21H,6,9,13H2,1-5H3,(H,28,31)(H,29,32)/t16?,17-,19-,20-,21?/m0/s1. The lowest BCUT2D eigenvalue weighted by Crippen LogP contribution is -2.59. The average Bonchev–Trinajstić information content (AvgIpc) is 3.42. The predicted molar refractivity (Wildman–Crippen MR) is 128 cm³/mol. The Bertz CT molecular complexity index is 964. The molecule has 3 rings (SSSR count). The lowest BCUT2D eigenvalue weighted by atomic mass is 9.93. The number of amides is 3. The Balaban J connectivity index is 1.77. The number of aromatic nitrogens is 2. The van der Waals surface area contributed by atoms with Crippen LogP contribution >= 0.6 is 0 Å². The van der Waals surface area contributed by atoms with Gasteiger partial charge in [0.25, 0.3) is 5.91 Å². The number of hydrogen-bond acceptors (Lipinski definition) is 7. The fourth-order valence-electron chi connectivity index (χ4n) is 4.72. The first-order valence-corrected chi connectivity index (χ1v) is 12.2. The summed E-state index contributed by atoms with van der Waals surface area (Å²) in [6.45, 7) is 9.65. The largest absolute Gasteiger partial charge is 0.464 e. The molecule has 0 saturated carbocycles.